The normalized spacial score (nSPS) is 12.1. The molecule has 1 amide bonds. The average Bonchev–Trinajstić information content (AvgIpc) is 2.92. The Morgan fingerprint density at radius 3 is 2.89 bits per heavy atom. The van der Waals surface area contributed by atoms with Gasteiger partial charge in [-0.2, -0.15) is 0 Å². The molecule has 0 aliphatic rings. The van der Waals surface area contributed by atoms with Crippen LogP contribution >= 0.6 is 11.6 Å². The topological polar surface area (TPSA) is 62.5 Å². The molecule has 0 aliphatic carbocycles. The predicted octanol–water partition coefficient (Wildman–Crippen LogP) is 2.79. The molecule has 1 aromatic carbocycles. The van der Waals surface area contributed by atoms with Crippen molar-refractivity contribution in [1.29, 1.82) is 0 Å². The highest BCUT2D eigenvalue weighted by Crippen LogP contribution is 2.16. The van der Waals surface area contributed by atoms with Gasteiger partial charge in [-0.1, -0.05) is 17.7 Å². The number of aliphatic hydroxyl groups excluding tert-OH is 1. The number of hydrogen-bond acceptors (Lipinski definition) is 3. The van der Waals surface area contributed by atoms with E-state index in [4.69, 9.17) is 16.0 Å². The van der Waals surface area contributed by atoms with Gasteiger partial charge in [-0.15, -0.1) is 0 Å². The molecular weight excluding hydrogens is 266 g/mol. The van der Waals surface area contributed by atoms with Crippen molar-refractivity contribution in [3.05, 3.63) is 59.0 Å². The van der Waals surface area contributed by atoms with Gasteiger partial charge >= 0.3 is 0 Å². The fraction of sp³-hybridized carbons (Fsp3) is 0.214. The SMILES string of the molecule is O=C(NCC[C@@H](O)c1ccco1)c1cccc(Cl)c1. The van der Waals surface area contributed by atoms with Crippen molar-refractivity contribution in [3.8, 4) is 0 Å². The van der Waals surface area contributed by atoms with Gasteiger partial charge in [-0.05, 0) is 36.8 Å². The van der Waals surface area contributed by atoms with Gasteiger partial charge in [0.15, 0.2) is 0 Å². The number of carbonyl (C=O) groups is 1. The summed E-state index contributed by atoms with van der Waals surface area (Å²) < 4.78 is 5.07. The van der Waals surface area contributed by atoms with E-state index in [1.807, 2.05) is 0 Å². The lowest BCUT2D eigenvalue weighted by atomic mass is 10.2. The first-order valence-electron chi connectivity index (χ1n) is 5.92. The molecule has 0 saturated carbocycles. The molecule has 5 heteroatoms. The van der Waals surface area contributed by atoms with Crippen molar-refractivity contribution >= 4 is 17.5 Å². The maximum Gasteiger partial charge on any atom is 0.251 e. The van der Waals surface area contributed by atoms with Crippen LogP contribution in [0.25, 0.3) is 0 Å². The van der Waals surface area contributed by atoms with Crippen LogP contribution in [0.2, 0.25) is 5.02 Å². The quantitative estimate of drug-likeness (QED) is 0.885. The lowest BCUT2D eigenvalue weighted by Crippen LogP contribution is -2.25. The molecule has 0 bridgehead atoms. The lowest BCUT2D eigenvalue weighted by molar-refractivity contribution is 0.0936. The average molecular weight is 280 g/mol. The standard InChI is InChI=1S/C14H14ClNO3/c15-11-4-1-3-10(9-11)14(18)16-7-6-12(17)13-5-2-8-19-13/h1-5,8-9,12,17H,6-7H2,(H,16,18)/t12-/m1/s1. The second-order valence-electron chi connectivity index (χ2n) is 4.09. The summed E-state index contributed by atoms with van der Waals surface area (Å²) >= 11 is 5.81. The first-order chi connectivity index (χ1) is 9.16. The Hall–Kier alpha value is -1.78. The summed E-state index contributed by atoms with van der Waals surface area (Å²) in [5, 5.41) is 13.0. The van der Waals surface area contributed by atoms with E-state index in [-0.39, 0.29) is 5.91 Å². The van der Waals surface area contributed by atoms with E-state index in [9.17, 15) is 9.90 Å². The van der Waals surface area contributed by atoms with Crippen LogP contribution in [0.15, 0.2) is 47.1 Å². The Bertz CT molecular complexity index is 539. The van der Waals surface area contributed by atoms with E-state index >= 15 is 0 Å². The number of carbonyl (C=O) groups excluding carboxylic acids is 1. The summed E-state index contributed by atoms with van der Waals surface area (Å²) in [4.78, 5) is 11.8. The van der Waals surface area contributed by atoms with E-state index in [1.54, 1.807) is 36.4 Å². The van der Waals surface area contributed by atoms with Gasteiger partial charge in [-0.25, -0.2) is 0 Å². The Morgan fingerprint density at radius 1 is 1.37 bits per heavy atom. The number of amides is 1. The molecule has 1 heterocycles. The van der Waals surface area contributed by atoms with Crippen molar-refractivity contribution in [3.63, 3.8) is 0 Å². The monoisotopic (exact) mass is 279 g/mol. The highest BCUT2D eigenvalue weighted by molar-refractivity contribution is 6.30. The number of aliphatic hydroxyl groups is 1. The van der Waals surface area contributed by atoms with Gasteiger partial charge in [0, 0.05) is 17.1 Å². The van der Waals surface area contributed by atoms with Crippen molar-refractivity contribution < 1.29 is 14.3 Å². The van der Waals surface area contributed by atoms with Crippen molar-refractivity contribution in [2.75, 3.05) is 6.54 Å². The summed E-state index contributed by atoms with van der Waals surface area (Å²) in [6.07, 6.45) is 1.18. The predicted molar refractivity (Wildman–Crippen MR) is 72.1 cm³/mol. The molecule has 0 saturated heterocycles. The number of benzene rings is 1. The van der Waals surface area contributed by atoms with Crippen LogP contribution in [0.4, 0.5) is 0 Å². The number of hydrogen-bond donors (Lipinski definition) is 2. The van der Waals surface area contributed by atoms with Crippen LogP contribution in [0, 0.1) is 0 Å². The van der Waals surface area contributed by atoms with Gasteiger partial charge in [0.2, 0.25) is 0 Å². The highest BCUT2D eigenvalue weighted by Gasteiger charge is 2.11. The van der Waals surface area contributed by atoms with E-state index < -0.39 is 6.10 Å². The number of furan rings is 1. The molecule has 0 spiro atoms. The summed E-state index contributed by atoms with van der Waals surface area (Å²) in [5.41, 5.74) is 0.500. The minimum atomic E-state index is -0.713. The molecule has 19 heavy (non-hydrogen) atoms. The van der Waals surface area contributed by atoms with Crippen molar-refractivity contribution in [2.24, 2.45) is 0 Å². The molecule has 0 aliphatic heterocycles. The Balaban J connectivity index is 1.81. The number of rotatable bonds is 5. The molecule has 0 fully saturated rings. The van der Waals surface area contributed by atoms with E-state index in [2.05, 4.69) is 5.32 Å². The Labute approximate surface area is 116 Å². The minimum Gasteiger partial charge on any atom is -0.467 e. The van der Waals surface area contributed by atoms with Gasteiger partial charge < -0.3 is 14.8 Å². The summed E-state index contributed by atoms with van der Waals surface area (Å²) in [6.45, 7) is 0.354. The third kappa shape index (κ3) is 3.84. The lowest BCUT2D eigenvalue weighted by Gasteiger charge is -2.09. The molecule has 2 N–H and O–H groups in total. The van der Waals surface area contributed by atoms with E-state index in [0.29, 0.717) is 29.3 Å². The Morgan fingerprint density at radius 2 is 2.21 bits per heavy atom. The molecule has 1 atom stereocenters. The third-order valence-electron chi connectivity index (χ3n) is 2.66. The van der Waals surface area contributed by atoms with Crippen LogP contribution in [0.5, 0.6) is 0 Å². The molecule has 2 aromatic rings. The van der Waals surface area contributed by atoms with Crippen LogP contribution in [-0.4, -0.2) is 17.6 Å². The highest BCUT2D eigenvalue weighted by atomic mass is 35.5. The van der Waals surface area contributed by atoms with Gasteiger partial charge in [0.25, 0.3) is 5.91 Å². The van der Waals surface area contributed by atoms with Crippen molar-refractivity contribution in [1.82, 2.24) is 5.32 Å². The molecular formula is C14H14ClNO3. The molecule has 2 rings (SSSR count). The minimum absolute atomic E-state index is 0.214. The second kappa shape index (κ2) is 6.41. The molecule has 0 unspecified atom stereocenters. The van der Waals surface area contributed by atoms with Crippen LogP contribution in [0.1, 0.15) is 28.6 Å². The van der Waals surface area contributed by atoms with Crippen molar-refractivity contribution in [2.45, 2.75) is 12.5 Å². The molecule has 1 aromatic heterocycles. The fourth-order valence-corrected chi connectivity index (χ4v) is 1.87. The van der Waals surface area contributed by atoms with Gasteiger partial charge in [0.1, 0.15) is 11.9 Å². The fourth-order valence-electron chi connectivity index (χ4n) is 1.68. The second-order valence-corrected chi connectivity index (χ2v) is 4.52. The maximum atomic E-state index is 11.8. The summed E-state index contributed by atoms with van der Waals surface area (Å²) in [5.74, 6) is 0.283. The van der Waals surface area contributed by atoms with Gasteiger partial charge in [-0.3, -0.25) is 4.79 Å². The first kappa shape index (κ1) is 13.6. The first-order valence-corrected chi connectivity index (χ1v) is 6.30. The third-order valence-corrected chi connectivity index (χ3v) is 2.90. The van der Waals surface area contributed by atoms with Crippen LogP contribution < -0.4 is 5.32 Å². The zero-order valence-electron chi connectivity index (χ0n) is 10.2. The van der Waals surface area contributed by atoms with Crippen LogP contribution in [0.3, 0.4) is 0 Å². The molecule has 0 radical (unpaired) electrons. The number of halogens is 1. The maximum absolute atomic E-state index is 11.8. The molecule has 100 valence electrons. The van der Waals surface area contributed by atoms with Gasteiger partial charge in [0.05, 0.1) is 6.26 Å². The van der Waals surface area contributed by atoms with E-state index in [1.165, 1.54) is 6.26 Å². The van der Waals surface area contributed by atoms with E-state index in [0.717, 1.165) is 0 Å². The summed E-state index contributed by atoms with van der Waals surface area (Å²) in [6, 6.07) is 10.1. The largest absolute Gasteiger partial charge is 0.467 e. The molecule has 4 nitrogen and oxygen atoms in total. The summed E-state index contributed by atoms with van der Waals surface area (Å²) in [7, 11) is 0. The zero-order valence-corrected chi connectivity index (χ0v) is 10.9. The smallest absolute Gasteiger partial charge is 0.251 e. The Kier molecular flexibility index (Phi) is 4.60. The number of nitrogens with one attached hydrogen (secondary N) is 1. The zero-order chi connectivity index (χ0) is 13.7. The van der Waals surface area contributed by atoms with Crippen LogP contribution in [-0.2, 0) is 0 Å².